The van der Waals surface area contributed by atoms with Crippen molar-refractivity contribution in [3.8, 4) is 0 Å². The third-order valence-electron chi connectivity index (χ3n) is 1.23. The Hall–Kier alpha value is -0.760. The maximum Gasteiger partial charge on any atom is 0.576 e. The summed E-state index contributed by atoms with van der Waals surface area (Å²) in [4.78, 5) is 17.5. The van der Waals surface area contributed by atoms with E-state index in [1.807, 2.05) is 0 Å². The maximum absolute atomic E-state index is 10.1. The van der Waals surface area contributed by atoms with Crippen LogP contribution < -0.4 is 0 Å². The Labute approximate surface area is 75.8 Å². The standard InChI is InChI=1S/C4H7BrN2O5/c5-3-1-2-4(8,6(9)10)7(11)12/h8H,1-3H2. The second-order valence-electron chi connectivity index (χ2n) is 2.08. The molecule has 0 aromatic rings. The van der Waals surface area contributed by atoms with E-state index in [-0.39, 0.29) is 6.42 Å². The molecule has 0 radical (unpaired) electrons. The van der Waals surface area contributed by atoms with E-state index in [0.29, 0.717) is 5.33 Å². The van der Waals surface area contributed by atoms with Crippen molar-refractivity contribution in [3.05, 3.63) is 20.2 Å². The molecule has 0 aliphatic rings. The van der Waals surface area contributed by atoms with Gasteiger partial charge in [-0.1, -0.05) is 15.9 Å². The topological polar surface area (TPSA) is 107 Å². The Morgan fingerprint density at radius 1 is 1.33 bits per heavy atom. The molecule has 0 spiro atoms. The number of alkyl halides is 1. The van der Waals surface area contributed by atoms with Crippen molar-refractivity contribution in [1.82, 2.24) is 0 Å². The van der Waals surface area contributed by atoms with Gasteiger partial charge in [-0.3, -0.25) is 25.3 Å². The molecule has 0 aliphatic heterocycles. The Morgan fingerprint density at radius 3 is 2.00 bits per heavy atom. The van der Waals surface area contributed by atoms with Gasteiger partial charge in [0, 0.05) is 5.33 Å². The van der Waals surface area contributed by atoms with Crippen LogP contribution in [0.3, 0.4) is 0 Å². The van der Waals surface area contributed by atoms with Gasteiger partial charge in [-0.25, -0.2) is 0 Å². The van der Waals surface area contributed by atoms with E-state index < -0.39 is 22.1 Å². The predicted octanol–water partition coefficient (Wildman–Crippen LogP) is 0.361. The second kappa shape index (κ2) is 4.31. The Morgan fingerprint density at radius 2 is 1.75 bits per heavy atom. The Bertz CT molecular complexity index is 182. The van der Waals surface area contributed by atoms with Gasteiger partial charge in [0.05, 0.1) is 0 Å². The first kappa shape index (κ1) is 11.2. The van der Waals surface area contributed by atoms with E-state index in [1.165, 1.54) is 0 Å². The normalized spacial score (nSPS) is 11.2. The predicted molar refractivity (Wildman–Crippen MR) is 42.0 cm³/mol. The van der Waals surface area contributed by atoms with Gasteiger partial charge in [0.2, 0.25) is 0 Å². The molecule has 0 atom stereocenters. The average molecular weight is 243 g/mol. The lowest BCUT2D eigenvalue weighted by molar-refractivity contribution is -0.848. The molecule has 0 rings (SSSR count). The Balaban J connectivity index is 4.40. The van der Waals surface area contributed by atoms with Gasteiger partial charge in [0.15, 0.2) is 0 Å². The van der Waals surface area contributed by atoms with E-state index in [0.717, 1.165) is 0 Å². The van der Waals surface area contributed by atoms with Gasteiger partial charge in [0.1, 0.15) is 16.3 Å². The molecule has 0 amide bonds. The Kier molecular flexibility index (Phi) is 4.04. The van der Waals surface area contributed by atoms with Gasteiger partial charge in [-0.15, -0.1) is 0 Å². The summed E-state index contributed by atoms with van der Waals surface area (Å²) in [5.41, 5.74) is 0. The van der Waals surface area contributed by atoms with Gasteiger partial charge in [0.25, 0.3) is 0 Å². The van der Waals surface area contributed by atoms with Crippen LogP contribution >= 0.6 is 15.9 Å². The summed E-state index contributed by atoms with van der Waals surface area (Å²) in [5.74, 6) is -3.03. The van der Waals surface area contributed by atoms with Crippen molar-refractivity contribution in [3.63, 3.8) is 0 Å². The van der Waals surface area contributed by atoms with Crippen molar-refractivity contribution in [2.75, 3.05) is 5.33 Å². The lowest BCUT2D eigenvalue weighted by Crippen LogP contribution is -2.46. The highest BCUT2D eigenvalue weighted by atomic mass is 79.9. The number of halogens is 1. The van der Waals surface area contributed by atoms with Crippen LogP contribution in [-0.4, -0.2) is 26.1 Å². The molecule has 0 aliphatic carbocycles. The molecule has 0 fully saturated rings. The molecule has 0 aromatic heterocycles. The molecule has 7 nitrogen and oxygen atoms in total. The van der Waals surface area contributed by atoms with Crippen molar-refractivity contribution < 1.29 is 15.0 Å². The summed E-state index contributed by atoms with van der Waals surface area (Å²) in [6.45, 7) is 0. The summed E-state index contributed by atoms with van der Waals surface area (Å²) >= 11 is 2.94. The van der Waals surface area contributed by atoms with E-state index >= 15 is 0 Å². The molecule has 12 heavy (non-hydrogen) atoms. The van der Waals surface area contributed by atoms with Crippen molar-refractivity contribution in [2.24, 2.45) is 0 Å². The molecule has 1 N–H and O–H groups in total. The highest BCUT2D eigenvalue weighted by Gasteiger charge is 2.53. The summed E-state index contributed by atoms with van der Waals surface area (Å²) in [7, 11) is 0. The highest BCUT2D eigenvalue weighted by molar-refractivity contribution is 9.09. The third kappa shape index (κ3) is 2.38. The second-order valence-corrected chi connectivity index (χ2v) is 2.87. The number of hydrogen-bond donors (Lipinski definition) is 1. The first-order valence-corrected chi connectivity index (χ1v) is 4.14. The zero-order valence-electron chi connectivity index (χ0n) is 5.97. The van der Waals surface area contributed by atoms with Crippen LogP contribution in [0.25, 0.3) is 0 Å². The molecule has 0 saturated carbocycles. The van der Waals surface area contributed by atoms with Gasteiger partial charge in [-0.2, -0.15) is 0 Å². The molecule has 0 unspecified atom stereocenters. The smallest absolute Gasteiger partial charge is 0.269 e. The molecular formula is C4H7BrN2O5. The summed E-state index contributed by atoms with van der Waals surface area (Å²) in [6.07, 6.45) is -0.337. The molecule has 8 heteroatoms. The zero-order chi connectivity index (χ0) is 9.78. The average Bonchev–Trinajstić information content (AvgIpc) is 1.99. The number of rotatable bonds is 5. The highest BCUT2D eigenvalue weighted by Crippen LogP contribution is 2.14. The first-order valence-electron chi connectivity index (χ1n) is 3.02. The monoisotopic (exact) mass is 242 g/mol. The third-order valence-corrected chi connectivity index (χ3v) is 1.79. The fourth-order valence-electron chi connectivity index (χ4n) is 0.553. The van der Waals surface area contributed by atoms with Crippen molar-refractivity contribution >= 4 is 15.9 Å². The van der Waals surface area contributed by atoms with Crippen LogP contribution in [0.5, 0.6) is 0 Å². The van der Waals surface area contributed by atoms with Crippen LogP contribution in [0.4, 0.5) is 0 Å². The number of nitro groups is 2. The van der Waals surface area contributed by atoms with Crippen LogP contribution in [0, 0.1) is 20.2 Å². The fraction of sp³-hybridized carbons (Fsp3) is 1.00. The number of hydrogen-bond acceptors (Lipinski definition) is 5. The van der Waals surface area contributed by atoms with E-state index in [2.05, 4.69) is 15.9 Å². The summed E-state index contributed by atoms with van der Waals surface area (Å²) in [5, 5.41) is 29.4. The molecule has 0 aromatic carbocycles. The summed E-state index contributed by atoms with van der Waals surface area (Å²) in [6, 6.07) is 0. The van der Waals surface area contributed by atoms with Crippen LogP contribution in [-0.2, 0) is 0 Å². The zero-order valence-corrected chi connectivity index (χ0v) is 7.56. The lowest BCUT2D eigenvalue weighted by Gasteiger charge is -2.08. The molecule has 0 heterocycles. The van der Waals surface area contributed by atoms with Crippen LogP contribution in [0.1, 0.15) is 12.8 Å². The molecule has 0 saturated heterocycles. The number of nitrogens with zero attached hydrogens (tertiary/aromatic N) is 2. The molecule has 0 bridgehead atoms. The van der Waals surface area contributed by atoms with Gasteiger partial charge in [-0.05, 0) is 6.42 Å². The fourth-order valence-corrected chi connectivity index (χ4v) is 0.834. The number of aliphatic hydroxyl groups is 1. The largest absolute Gasteiger partial charge is 0.576 e. The van der Waals surface area contributed by atoms with E-state index in [4.69, 9.17) is 5.11 Å². The van der Waals surface area contributed by atoms with Crippen LogP contribution in [0.15, 0.2) is 0 Å². The van der Waals surface area contributed by atoms with Gasteiger partial charge < -0.3 is 0 Å². The minimum atomic E-state index is -3.03. The minimum Gasteiger partial charge on any atom is -0.269 e. The van der Waals surface area contributed by atoms with E-state index in [9.17, 15) is 20.2 Å². The maximum atomic E-state index is 10.1. The molecular weight excluding hydrogens is 236 g/mol. The summed E-state index contributed by atoms with van der Waals surface area (Å²) < 4.78 is 0. The SMILES string of the molecule is O=[N+]([O-])C(O)(CCCBr)[N+](=O)[O-]. The van der Waals surface area contributed by atoms with E-state index in [1.54, 1.807) is 0 Å². The first-order chi connectivity index (χ1) is 5.45. The quantitative estimate of drug-likeness (QED) is 0.324. The lowest BCUT2D eigenvalue weighted by atomic mass is 10.2. The van der Waals surface area contributed by atoms with Gasteiger partial charge >= 0.3 is 5.85 Å². The van der Waals surface area contributed by atoms with Crippen LogP contribution in [0.2, 0.25) is 0 Å². The minimum absolute atomic E-state index is 0.165. The van der Waals surface area contributed by atoms with Crippen molar-refractivity contribution in [2.45, 2.75) is 18.7 Å². The molecule has 70 valence electrons. The van der Waals surface area contributed by atoms with Crippen molar-refractivity contribution in [1.29, 1.82) is 0 Å².